The van der Waals surface area contributed by atoms with E-state index in [2.05, 4.69) is 0 Å². The smallest absolute Gasteiger partial charge is 0.119 e. The maximum absolute atomic E-state index is 5.91. The molecule has 0 amide bonds. The molecule has 1 fully saturated rings. The van der Waals surface area contributed by atoms with E-state index >= 15 is 0 Å². The SMILES string of the molecule is COCC1(COC)CC(Cl)(Cl)C1. The van der Waals surface area contributed by atoms with Gasteiger partial charge in [0.1, 0.15) is 4.33 Å². The number of hydrogen-bond acceptors (Lipinski definition) is 2. The van der Waals surface area contributed by atoms with E-state index in [9.17, 15) is 0 Å². The van der Waals surface area contributed by atoms with Crippen LogP contribution < -0.4 is 0 Å². The third-order valence-electron chi connectivity index (χ3n) is 2.17. The van der Waals surface area contributed by atoms with Crippen LogP contribution in [0.25, 0.3) is 0 Å². The van der Waals surface area contributed by atoms with Crippen molar-refractivity contribution in [3.8, 4) is 0 Å². The molecule has 0 bridgehead atoms. The Hall–Kier alpha value is 0.500. The highest BCUT2D eigenvalue weighted by Gasteiger charge is 2.52. The zero-order valence-electron chi connectivity index (χ0n) is 7.40. The lowest BCUT2D eigenvalue weighted by Crippen LogP contribution is -2.50. The van der Waals surface area contributed by atoms with Crippen LogP contribution in [-0.2, 0) is 9.47 Å². The zero-order valence-corrected chi connectivity index (χ0v) is 8.91. The summed E-state index contributed by atoms with van der Waals surface area (Å²) in [6, 6.07) is 0. The maximum Gasteiger partial charge on any atom is 0.119 e. The summed E-state index contributed by atoms with van der Waals surface area (Å²) in [5, 5.41) is 0. The summed E-state index contributed by atoms with van der Waals surface area (Å²) in [6.07, 6.45) is 1.51. The molecule has 1 aliphatic rings. The highest BCUT2D eigenvalue weighted by molar-refractivity contribution is 6.49. The molecule has 0 atom stereocenters. The van der Waals surface area contributed by atoms with Gasteiger partial charge in [-0.3, -0.25) is 0 Å². The summed E-state index contributed by atoms with van der Waals surface area (Å²) in [5.41, 5.74) is 0.0486. The molecule has 0 radical (unpaired) electrons. The van der Waals surface area contributed by atoms with Crippen molar-refractivity contribution in [3.63, 3.8) is 0 Å². The molecule has 0 aromatic heterocycles. The minimum Gasteiger partial charge on any atom is -0.384 e. The van der Waals surface area contributed by atoms with Crippen molar-refractivity contribution in [2.45, 2.75) is 17.2 Å². The topological polar surface area (TPSA) is 18.5 Å². The summed E-state index contributed by atoms with van der Waals surface area (Å²) in [7, 11) is 3.36. The van der Waals surface area contributed by atoms with Gasteiger partial charge >= 0.3 is 0 Å². The highest BCUT2D eigenvalue weighted by Crippen LogP contribution is 2.55. The van der Waals surface area contributed by atoms with Crippen LogP contribution >= 0.6 is 23.2 Å². The largest absolute Gasteiger partial charge is 0.384 e. The van der Waals surface area contributed by atoms with Gasteiger partial charge in [-0.1, -0.05) is 0 Å². The molecule has 0 aromatic carbocycles. The second-order valence-corrected chi connectivity index (χ2v) is 5.22. The van der Waals surface area contributed by atoms with Gasteiger partial charge in [0.25, 0.3) is 0 Å². The van der Waals surface area contributed by atoms with Crippen molar-refractivity contribution >= 4 is 23.2 Å². The fourth-order valence-corrected chi connectivity index (χ4v) is 3.04. The van der Waals surface area contributed by atoms with Crippen molar-refractivity contribution in [3.05, 3.63) is 0 Å². The number of halogens is 2. The lowest BCUT2D eigenvalue weighted by molar-refractivity contribution is -0.0461. The number of methoxy groups -OCH3 is 2. The molecule has 0 unspecified atom stereocenters. The molecule has 0 heterocycles. The van der Waals surface area contributed by atoms with Crippen LogP contribution in [0.2, 0.25) is 0 Å². The third kappa shape index (κ3) is 2.25. The molecular formula is C8H14Cl2O2. The van der Waals surface area contributed by atoms with Gasteiger partial charge in [-0.15, -0.1) is 23.2 Å². The van der Waals surface area contributed by atoms with Gasteiger partial charge in [0.15, 0.2) is 0 Å². The summed E-state index contributed by atoms with van der Waals surface area (Å²) < 4.78 is 9.64. The predicted octanol–water partition coefficient (Wildman–Crippen LogP) is 2.23. The third-order valence-corrected chi connectivity index (χ3v) is 2.70. The fraction of sp³-hybridized carbons (Fsp3) is 1.00. The molecule has 72 valence electrons. The molecule has 12 heavy (non-hydrogen) atoms. The zero-order chi connectivity index (χ0) is 9.24. The van der Waals surface area contributed by atoms with Gasteiger partial charge in [-0.25, -0.2) is 0 Å². The first-order valence-corrected chi connectivity index (χ1v) is 4.65. The van der Waals surface area contributed by atoms with Crippen LogP contribution in [-0.4, -0.2) is 31.8 Å². The molecule has 0 aliphatic heterocycles. The predicted molar refractivity (Wildman–Crippen MR) is 49.9 cm³/mol. The quantitative estimate of drug-likeness (QED) is 0.666. The lowest BCUT2D eigenvalue weighted by Gasteiger charge is -2.48. The normalized spacial score (nSPS) is 25.0. The van der Waals surface area contributed by atoms with Crippen LogP contribution in [0.1, 0.15) is 12.8 Å². The van der Waals surface area contributed by atoms with E-state index in [-0.39, 0.29) is 5.41 Å². The monoisotopic (exact) mass is 212 g/mol. The van der Waals surface area contributed by atoms with Crippen LogP contribution in [0.15, 0.2) is 0 Å². The first-order chi connectivity index (χ1) is 5.54. The average Bonchev–Trinajstić information content (AvgIpc) is 1.83. The Morgan fingerprint density at radius 2 is 1.50 bits per heavy atom. The summed E-state index contributed by atoms with van der Waals surface area (Å²) in [4.78, 5) is 0. The Kier molecular flexibility index (Phi) is 3.27. The number of alkyl halides is 2. The number of ether oxygens (including phenoxy) is 2. The van der Waals surface area contributed by atoms with Crippen LogP contribution in [0, 0.1) is 5.41 Å². The molecule has 0 spiro atoms. The Balaban J connectivity index is 2.43. The van der Waals surface area contributed by atoms with Gasteiger partial charge < -0.3 is 9.47 Å². The van der Waals surface area contributed by atoms with E-state index in [1.807, 2.05) is 0 Å². The van der Waals surface area contributed by atoms with Crippen LogP contribution in [0.5, 0.6) is 0 Å². The summed E-state index contributed by atoms with van der Waals surface area (Å²) in [5.74, 6) is 0. The number of rotatable bonds is 4. The second kappa shape index (κ2) is 3.70. The van der Waals surface area contributed by atoms with E-state index in [0.29, 0.717) is 13.2 Å². The Bertz CT molecular complexity index is 143. The van der Waals surface area contributed by atoms with Gasteiger partial charge in [0, 0.05) is 19.6 Å². The van der Waals surface area contributed by atoms with Crippen molar-refractivity contribution in [2.75, 3.05) is 27.4 Å². The van der Waals surface area contributed by atoms with Crippen molar-refractivity contribution in [1.29, 1.82) is 0 Å². The van der Waals surface area contributed by atoms with Gasteiger partial charge in [0.2, 0.25) is 0 Å². The van der Waals surface area contributed by atoms with Gasteiger partial charge in [-0.05, 0) is 12.8 Å². The summed E-state index contributed by atoms with van der Waals surface area (Å²) >= 11 is 11.8. The molecule has 4 heteroatoms. The molecule has 2 nitrogen and oxygen atoms in total. The van der Waals surface area contributed by atoms with E-state index in [1.54, 1.807) is 14.2 Å². The molecule has 1 rings (SSSR count). The number of hydrogen-bond donors (Lipinski definition) is 0. The minimum atomic E-state index is -0.558. The minimum absolute atomic E-state index is 0.0486. The summed E-state index contributed by atoms with van der Waals surface area (Å²) in [6.45, 7) is 1.34. The Morgan fingerprint density at radius 3 is 1.75 bits per heavy atom. The molecule has 1 saturated carbocycles. The van der Waals surface area contributed by atoms with E-state index in [0.717, 1.165) is 12.8 Å². The molecule has 0 saturated heterocycles. The van der Waals surface area contributed by atoms with Gasteiger partial charge in [-0.2, -0.15) is 0 Å². The second-order valence-electron chi connectivity index (χ2n) is 3.58. The van der Waals surface area contributed by atoms with E-state index in [1.165, 1.54) is 0 Å². The highest BCUT2D eigenvalue weighted by atomic mass is 35.5. The van der Waals surface area contributed by atoms with Crippen LogP contribution in [0.4, 0.5) is 0 Å². The molecule has 0 aromatic rings. The van der Waals surface area contributed by atoms with Crippen molar-refractivity contribution in [1.82, 2.24) is 0 Å². The molecule has 1 aliphatic carbocycles. The average molecular weight is 213 g/mol. The lowest BCUT2D eigenvalue weighted by atomic mass is 9.69. The standard InChI is InChI=1S/C8H14Cl2O2/c1-11-5-7(6-12-2)3-8(9,10)4-7/h3-6H2,1-2H3. The Labute approximate surface area is 83.1 Å². The maximum atomic E-state index is 5.91. The van der Waals surface area contributed by atoms with Gasteiger partial charge in [0.05, 0.1) is 13.2 Å². The van der Waals surface area contributed by atoms with E-state index in [4.69, 9.17) is 32.7 Å². The van der Waals surface area contributed by atoms with E-state index < -0.39 is 4.33 Å². The first-order valence-electron chi connectivity index (χ1n) is 3.89. The van der Waals surface area contributed by atoms with Crippen LogP contribution in [0.3, 0.4) is 0 Å². The first kappa shape index (κ1) is 10.6. The Morgan fingerprint density at radius 1 is 1.08 bits per heavy atom. The van der Waals surface area contributed by atoms with Crippen molar-refractivity contribution in [2.24, 2.45) is 5.41 Å². The molecular weight excluding hydrogens is 199 g/mol. The fourth-order valence-electron chi connectivity index (χ4n) is 1.90. The van der Waals surface area contributed by atoms with Crippen molar-refractivity contribution < 1.29 is 9.47 Å². The molecule has 0 N–H and O–H groups in total.